The van der Waals surface area contributed by atoms with Gasteiger partial charge in [0.25, 0.3) is 0 Å². The van der Waals surface area contributed by atoms with Crippen molar-refractivity contribution in [1.29, 1.82) is 0 Å². The molecule has 3 N–H and O–H groups in total. The van der Waals surface area contributed by atoms with E-state index >= 15 is 0 Å². The summed E-state index contributed by atoms with van der Waals surface area (Å²) in [5.41, 5.74) is 9.92. The van der Waals surface area contributed by atoms with E-state index in [9.17, 15) is 0 Å². The van der Waals surface area contributed by atoms with E-state index in [0.717, 1.165) is 44.3 Å². The molecule has 0 aliphatic heterocycles. The van der Waals surface area contributed by atoms with E-state index in [4.69, 9.17) is 13.6 Å². The minimum atomic E-state index is 0.538. The molecule has 0 aliphatic carbocycles. The average Bonchev–Trinajstić information content (AvgIpc) is 3.32. The number of aliphatic imine (C=N–C) groups is 1. The molecule has 0 amide bonds. The molecule has 0 spiro atoms. The van der Waals surface area contributed by atoms with Crippen molar-refractivity contribution in [3.05, 3.63) is 70.4 Å². The van der Waals surface area contributed by atoms with E-state index in [1.165, 1.54) is 5.56 Å². The van der Waals surface area contributed by atoms with Crippen molar-refractivity contribution in [1.82, 2.24) is 4.98 Å². The van der Waals surface area contributed by atoms with Crippen molar-refractivity contribution in [2.75, 3.05) is 11.9 Å². The van der Waals surface area contributed by atoms with E-state index < -0.39 is 0 Å². The van der Waals surface area contributed by atoms with Crippen LogP contribution >= 0.6 is 22.7 Å². The van der Waals surface area contributed by atoms with Gasteiger partial charge in [-0.1, -0.05) is 47.1 Å². The van der Waals surface area contributed by atoms with Crippen molar-refractivity contribution in [2.24, 2.45) is 10.7 Å². The van der Waals surface area contributed by atoms with Gasteiger partial charge >= 0.3 is 0 Å². The second-order valence-electron chi connectivity index (χ2n) is 6.06. The van der Waals surface area contributed by atoms with Crippen LogP contribution in [0.1, 0.15) is 10.4 Å². The van der Waals surface area contributed by atoms with Crippen molar-refractivity contribution < 1.29 is 0 Å². The van der Waals surface area contributed by atoms with Crippen LogP contribution in [-0.4, -0.2) is 25.2 Å². The van der Waals surface area contributed by atoms with Gasteiger partial charge in [0.15, 0.2) is 5.13 Å². The topological polar surface area (TPSA) is 63.3 Å². The third kappa shape index (κ3) is 4.38. The molecule has 27 heavy (non-hydrogen) atoms. The van der Waals surface area contributed by atoms with Gasteiger partial charge in [-0.2, -0.15) is 0 Å². The number of benzene rings is 2. The third-order valence-electron chi connectivity index (χ3n) is 4.06. The van der Waals surface area contributed by atoms with E-state index in [1.54, 1.807) is 22.7 Å². The Morgan fingerprint density at radius 2 is 2.00 bits per heavy atom. The van der Waals surface area contributed by atoms with E-state index in [-0.39, 0.29) is 0 Å². The van der Waals surface area contributed by atoms with Crippen LogP contribution in [0.3, 0.4) is 0 Å². The summed E-state index contributed by atoms with van der Waals surface area (Å²) in [6, 6.07) is 17.9. The molecule has 0 atom stereocenters. The minimum absolute atomic E-state index is 0.538. The van der Waals surface area contributed by atoms with Crippen LogP contribution in [0.2, 0.25) is 0 Å². The molecule has 2 heterocycles. The Morgan fingerprint density at radius 1 is 1.15 bits per heavy atom. The Bertz CT molecular complexity index is 1070. The molecule has 132 valence electrons. The summed E-state index contributed by atoms with van der Waals surface area (Å²) in [6.45, 7) is 0.820. The van der Waals surface area contributed by atoms with Crippen LogP contribution in [0.4, 0.5) is 10.8 Å². The van der Waals surface area contributed by atoms with Crippen LogP contribution in [0.25, 0.3) is 10.2 Å². The van der Waals surface area contributed by atoms with Crippen LogP contribution < -0.4 is 16.5 Å². The normalized spacial score (nSPS) is 11.8. The van der Waals surface area contributed by atoms with E-state index in [0.29, 0.717) is 5.84 Å². The van der Waals surface area contributed by atoms with Crippen LogP contribution in [0.5, 0.6) is 0 Å². The second kappa shape index (κ2) is 7.94. The van der Waals surface area contributed by atoms with Gasteiger partial charge in [-0.15, -0.1) is 11.3 Å². The number of nitrogens with one attached hydrogen (secondary N) is 1. The SMILES string of the molecule is [B]c1ccc(CCNc2nc3ccc(N=C(N)c4cccs4)cc3s2)cc1. The number of hydrogen-bond acceptors (Lipinski definition) is 5. The molecule has 0 saturated carbocycles. The summed E-state index contributed by atoms with van der Waals surface area (Å²) in [6.07, 6.45) is 0.920. The Labute approximate surface area is 167 Å². The van der Waals surface area contributed by atoms with Crippen molar-refractivity contribution in [3.8, 4) is 0 Å². The highest BCUT2D eigenvalue weighted by Gasteiger charge is 2.06. The molecule has 2 aromatic carbocycles. The molecule has 0 bridgehead atoms. The molecule has 7 heteroatoms. The minimum Gasteiger partial charge on any atom is -0.383 e. The monoisotopic (exact) mass is 388 g/mol. The number of hydrogen-bond donors (Lipinski definition) is 2. The second-order valence-corrected chi connectivity index (χ2v) is 8.04. The number of nitrogens with two attached hydrogens (primary N) is 1. The van der Waals surface area contributed by atoms with Gasteiger partial charge in [0.1, 0.15) is 13.7 Å². The van der Waals surface area contributed by atoms with Crippen molar-refractivity contribution in [2.45, 2.75) is 6.42 Å². The lowest BCUT2D eigenvalue weighted by atomic mass is 9.95. The lowest BCUT2D eigenvalue weighted by Gasteiger charge is -2.03. The maximum Gasteiger partial charge on any atom is 0.183 e. The third-order valence-corrected chi connectivity index (χ3v) is 5.93. The summed E-state index contributed by atoms with van der Waals surface area (Å²) >= 11 is 3.21. The maximum atomic E-state index is 6.08. The lowest BCUT2D eigenvalue weighted by molar-refractivity contribution is 1.02. The quantitative estimate of drug-likeness (QED) is 0.300. The lowest BCUT2D eigenvalue weighted by Crippen LogP contribution is -2.10. The highest BCUT2D eigenvalue weighted by atomic mass is 32.1. The van der Waals surface area contributed by atoms with Gasteiger partial charge < -0.3 is 11.1 Å². The summed E-state index contributed by atoms with van der Waals surface area (Å²) < 4.78 is 1.09. The molecule has 0 fully saturated rings. The summed E-state index contributed by atoms with van der Waals surface area (Å²) in [7, 11) is 5.72. The fraction of sp³-hybridized carbons (Fsp3) is 0.100. The smallest absolute Gasteiger partial charge is 0.183 e. The Hall–Kier alpha value is -2.64. The van der Waals surface area contributed by atoms with Crippen LogP contribution in [0.15, 0.2) is 65.0 Å². The maximum absolute atomic E-state index is 6.08. The molecule has 0 unspecified atom stereocenters. The summed E-state index contributed by atoms with van der Waals surface area (Å²) in [4.78, 5) is 10.1. The number of aromatic nitrogens is 1. The zero-order chi connectivity index (χ0) is 18.6. The Morgan fingerprint density at radius 3 is 2.78 bits per heavy atom. The Kier molecular flexibility index (Phi) is 5.22. The largest absolute Gasteiger partial charge is 0.383 e. The van der Waals surface area contributed by atoms with E-state index in [1.807, 2.05) is 47.8 Å². The molecular formula is C20H17BN4S2. The molecule has 2 radical (unpaired) electrons. The van der Waals surface area contributed by atoms with Crippen LogP contribution in [0, 0.1) is 0 Å². The van der Waals surface area contributed by atoms with Gasteiger partial charge in [-0.25, -0.2) is 9.98 Å². The number of fused-ring (bicyclic) bond motifs is 1. The first-order valence-corrected chi connectivity index (χ1v) is 10.2. The van der Waals surface area contributed by atoms with E-state index in [2.05, 4.69) is 27.4 Å². The van der Waals surface area contributed by atoms with Gasteiger partial charge in [0, 0.05) is 6.54 Å². The number of anilines is 1. The van der Waals surface area contributed by atoms with Crippen molar-refractivity contribution in [3.63, 3.8) is 0 Å². The molecule has 0 saturated heterocycles. The molecule has 4 nitrogen and oxygen atoms in total. The summed E-state index contributed by atoms with van der Waals surface area (Å²) in [5.74, 6) is 0.538. The van der Waals surface area contributed by atoms with Gasteiger partial charge in [-0.3, -0.25) is 0 Å². The van der Waals surface area contributed by atoms with Crippen molar-refractivity contribution >= 4 is 62.9 Å². The fourth-order valence-electron chi connectivity index (χ4n) is 2.68. The van der Waals surface area contributed by atoms with Gasteiger partial charge in [0.05, 0.1) is 20.8 Å². The Balaban J connectivity index is 1.44. The van der Waals surface area contributed by atoms with Gasteiger partial charge in [0.2, 0.25) is 0 Å². The molecule has 2 aromatic heterocycles. The number of thiazole rings is 1. The molecule has 0 aliphatic rings. The molecule has 4 rings (SSSR count). The van der Waals surface area contributed by atoms with Crippen LogP contribution in [-0.2, 0) is 6.42 Å². The highest BCUT2D eigenvalue weighted by molar-refractivity contribution is 7.22. The number of rotatable bonds is 6. The number of thiophene rings is 1. The zero-order valence-corrected chi connectivity index (χ0v) is 16.2. The molecular weight excluding hydrogens is 371 g/mol. The van der Waals surface area contributed by atoms with Gasteiger partial charge in [-0.05, 0) is 41.6 Å². The first-order valence-electron chi connectivity index (χ1n) is 8.54. The highest BCUT2D eigenvalue weighted by Crippen LogP contribution is 2.29. The predicted octanol–water partition coefficient (Wildman–Crippen LogP) is 3.84. The first kappa shape index (κ1) is 17.8. The molecule has 4 aromatic rings. The predicted molar refractivity (Wildman–Crippen MR) is 118 cm³/mol. The number of amidine groups is 1. The standard InChI is InChI=1S/C20H17BN4S2/c21-14-5-3-13(4-6-14)9-10-23-20-25-16-8-7-15(12-18(16)27-20)24-19(22)17-2-1-11-26-17/h1-8,11-12H,9-10H2,(H2,22,24)(H,23,25). The average molecular weight is 388 g/mol. The first-order chi connectivity index (χ1) is 13.2. The zero-order valence-electron chi connectivity index (χ0n) is 14.6. The summed E-state index contributed by atoms with van der Waals surface area (Å²) in [5, 5.41) is 6.30. The fourth-order valence-corrected chi connectivity index (χ4v) is 4.23. The number of nitrogens with zero attached hydrogens (tertiary/aromatic N) is 2.